The van der Waals surface area contributed by atoms with Crippen LogP contribution >= 0.6 is 11.6 Å². The van der Waals surface area contributed by atoms with Gasteiger partial charge in [-0.1, -0.05) is 30.3 Å². The average Bonchev–Trinajstić information content (AvgIpc) is 2.20. The highest BCUT2D eigenvalue weighted by Crippen LogP contribution is 2.00. The van der Waals surface area contributed by atoms with Crippen molar-refractivity contribution in [2.45, 2.75) is 12.8 Å². The summed E-state index contributed by atoms with van der Waals surface area (Å²) in [4.78, 5) is 9.70. The van der Waals surface area contributed by atoms with Gasteiger partial charge in [0.2, 0.25) is 5.91 Å². The first-order valence-corrected chi connectivity index (χ1v) is 4.52. The molecule has 0 unspecified atom stereocenters. The molecule has 1 aromatic carbocycles. The van der Waals surface area contributed by atoms with E-state index in [1.807, 2.05) is 30.3 Å². The second-order valence-corrected chi connectivity index (χ2v) is 2.69. The number of halogens is 1. The van der Waals surface area contributed by atoms with Gasteiger partial charge in [-0.3, -0.25) is 4.79 Å². The molecule has 0 spiro atoms. The summed E-state index contributed by atoms with van der Waals surface area (Å²) in [5, 5.41) is 2.39. The highest BCUT2D eigenvalue weighted by molar-refractivity contribution is 6.17. The summed E-state index contributed by atoms with van der Waals surface area (Å²) in [6.07, 6.45) is 0. The van der Waals surface area contributed by atoms with Gasteiger partial charge in [-0.2, -0.15) is 0 Å². The van der Waals surface area contributed by atoms with Crippen molar-refractivity contribution in [2.75, 3.05) is 7.05 Å². The minimum atomic E-state index is 0.00463. The van der Waals surface area contributed by atoms with Crippen molar-refractivity contribution >= 4 is 17.5 Å². The molecule has 3 heteroatoms. The molecule has 72 valence electrons. The zero-order valence-electron chi connectivity index (χ0n) is 7.88. The third kappa shape index (κ3) is 7.34. The van der Waals surface area contributed by atoms with Crippen LogP contribution in [0.1, 0.15) is 12.5 Å². The van der Waals surface area contributed by atoms with Crippen LogP contribution in [0.5, 0.6) is 0 Å². The van der Waals surface area contributed by atoms with E-state index >= 15 is 0 Å². The molecule has 13 heavy (non-hydrogen) atoms. The van der Waals surface area contributed by atoms with E-state index in [9.17, 15) is 4.79 Å². The van der Waals surface area contributed by atoms with Crippen molar-refractivity contribution in [1.29, 1.82) is 0 Å². The summed E-state index contributed by atoms with van der Waals surface area (Å²) in [6.45, 7) is 1.47. The minimum absolute atomic E-state index is 0.00463. The molecule has 0 radical (unpaired) electrons. The van der Waals surface area contributed by atoms with Crippen molar-refractivity contribution in [3.05, 3.63) is 35.9 Å². The van der Waals surface area contributed by atoms with Gasteiger partial charge in [0, 0.05) is 19.9 Å². The third-order valence-electron chi connectivity index (χ3n) is 1.35. The summed E-state index contributed by atoms with van der Waals surface area (Å²) < 4.78 is 0. The molecule has 1 amide bonds. The topological polar surface area (TPSA) is 29.1 Å². The molecule has 0 heterocycles. The lowest BCUT2D eigenvalue weighted by Gasteiger charge is -1.88. The zero-order valence-corrected chi connectivity index (χ0v) is 8.64. The summed E-state index contributed by atoms with van der Waals surface area (Å²) >= 11 is 5.53. The van der Waals surface area contributed by atoms with Crippen molar-refractivity contribution in [3.8, 4) is 0 Å². The van der Waals surface area contributed by atoms with Crippen LogP contribution in [0.2, 0.25) is 0 Å². The van der Waals surface area contributed by atoms with Gasteiger partial charge >= 0.3 is 0 Å². The van der Waals surface area contributed by atoms with Crippen LogP contribution in [0.4, 0.5) is 0 Å². The molecule has 0 aliphatic carbocycles. The van der Waals surface area contributed by atoms with Crippen LogP contribution in [-0.2, 0) is 10.7 Å². The number of nitrogens with one attached hydrogen (secondary N) is 1. The van der Waals surface area contributed by atoms with Gasteiger partial charge in [0.15, 0.2) is 0 Å². The molecule has 2 nitrogen and oxygen atoms in total. The highest BCUT2D eigenvalue weighted by Gasteiger charge is 1.81. The van der Waals surface area contributed by atoms with Crippen LogP contribution in [0, 0.1) is 0 Å². The Morgan fingerprint density at radius 3 is 2.08 bits per heavy atom. The van der Waals surface area contributed by atoms with Gasteiger partial charge in [-0.05, 0) is 5.56 Å². The molecule has 0 bridgehead atoms. The maximum Gasteiger partial charge on any atom is 0.216 e. The normalized spacial score (nSPS) is 8.23. The Morgan fingerprint density at radius 2 is 1.85 bits per heavy atom. The lowest BCUT2D eigenvalue weighted by Crippen LogP contribution is -2.11. The second-order valence-electron chi connectivity index (χ2n) is 2.43. The smallest absolute Gasteiger partial charge is 0.216 e. The summed E-state index contributed by atoms with van der Waals surface area (Å²) in [5.74, 6) is 0.617. The zero-order chi connectivity index (χ0) is 10.1. The Kier molecular flexibility index (Phi) is 7.02. The molecule has 0 aromatic heterocycles. The van der Waals surface area contributed by atoms with Crippen molar-refractivity contribution in [2.24, 2.45) is 0 Å². The van der Waals surface area contributed by atoms with Crippen LogP contribution in [0.25, 0.3) is 0 Å². The summed E-state index contributed by atoms with van der Waals surface area (Å²) in [7, 11) is 1.60. The Hall–Kier alpha value is -1.02. The molecule has 1 aromatic rings. The number of carbonyl (C=O) groups is 1. The first kappa shape index (κ1) is 12.0. The predicted octanol–water partition coefficient (Wildman–Crippen LogP) is 2.18. The molecule has 0 atom stereocenters. The maximum atomic E-state index is 9.70. The summed E-state index contributed by atoms with van der Waals surface area (Å²) in [5.41, 5.74) is 1.18. The number of carbonyl (C=O) groups excluding carboxylic acids is 1. The van der Waals surface area contributed by atoms with Crippen LogP contribution in [0.15, 0.2) is 30.3 Å². The van der Waals surface area contributed by atoms with Gasteiger partial charge in [0.05, 0.1) is 0 Å². The van der Waals surface area contributed by atoms with E-state index in [4.69, 9.17) is 11.6 Å². The van der Waals surface area contributed by atoms with Gasteiger partial charge in [-0.15, -0.1) is 11.6 Å². The highest BCUT2D eigenvalue weighted by atomic mass is 35.5. The predicted molar refractivity (Wildman–Crippen MR) is 55.7 cm³/mol. The van der Waals surface area contributed by atoms with E-state index in [2.05, 4.69) is 5.32 Å². The monoisotopic (exact) mass is 199 g/mol. The molecule has 0 saturated heterocycles. The van der Waals surface area contributed by atoms with E-state index < -0.39 is 0 Å². The SMILES string of the molecule is CNC(C)=O.ClCc1ccccc1. The van der Waals surface area contributed by atoms with Gasteiger partial charge < -0.3 is 5.32 Å². The fourth-order valence-corrected chi connectivity index (χ4v) is 0.745. The van der Waals surface area contributed by atoms with Crippen molar-refractivity contribution in [3.63, 3.8) is 0 Å². The lowest BCUT2D eigenvalue weighted by molar-refractivity contribution is -0.118. The Bertz CT molecular complexity index is 236. The van der Waals surface area contributed by atoms with Gasteiger partial charge in [0.25, 0.3) is 0 Å². The van der Waals surface area contributed by atoms with E-state index in [1.54, 1.807) is 7.05 Å². The molecular weight excluding hydrogens is 186 g/mol. The van der Waals surface area contributed by atoms with Crippen molar-refractivity contribution in [1.82, 2.24) is 5.32 Å². The number of hydrogen-bond donors (Lipinski definition) is 1. The first-order chi connectivity index (χ1) is 6.20. The maximum absolute atomic E-state index is 9.70. The van der Waals surface area contributed by atoms with Crippen molar-refractivity contribution < 1.29 is 4.79 Å². The standard InChI is InChI=1S/C7H7Cl.C3H7NO/c8-6-7-4-2-1-3-5-7;1-3(5)4-2/h1-5H,6H2;1-2H3,(H,4,5). The third-order valence-corrected chi connectivity index (χ3v) is 1.66. The number of amides is 1. The molecule has 0 aliphatic rings. The van der Waals surface area contributed by atoms with E-state index in [0.717, 1.165) is 0 Å². The minimum Gasteiger partial charge on any atom is -0.359 e. The van der Waals surface area contributed by atoms with Gasteiger partial charge in [-0.25, -0.2) is 0 Å². The van der Waals surface area contributed by atoms with Crippen LogP contribution in [-0.4, -0.2) is 13.0 Å². The molecule has 0 fully saturated rings. The molecule has 1 N–H and O–H groups in total. The molecule has 1 rings (SSSR count). The molecule has 0 aliphatic heterocycles. The first-order valence-electron chi connectivity index (χ1n) is 3.99. The second kappa shape index (κ2) is 7.62. The van der Waals surface area contributed by atoms with Crippen LogP contribution < -0.4 is 5.32 Å². The van der Waals surface area contributed by atoms with E-state index in [1.165, 1.54) is 12.5 Å². The number of alkyl halides is 1. The number of hydrogen-bond acceptors (Lipinski definition) is 1. The number of benzene rings is 1. The Morgan fingerprint density at radius 1 is 1.38 bits per heavy atom. The van der Waals surface area contributed by atoms with E-state index in [-0.39, 0.29) is 5.91 Å². The van der Waals surface area contributed by atoms with E-state index in [0.29, 0.717) is 5.88 Å². The fraction of sp³-hybridized carbons (Fsp3) is 0.300. The Labute approximate surface area is 83.9 Å². The fourth-order valence-electron chi connectivity index (χ4n) is 0.567. The number of rotatable bonds is 1. The quantitative estimate of drug-likeness (QED) is 0.691. The summed E-state index contributed by atoms with van der Waals surface area (Å²) in [6, 6.07) is 9.96. The van der Waals surface area contributed by atoms with Gasteiger partial charge in [0.1, 0.15) is 0 Å². The Balaban J connectivity index is 0.000000252. The average molecular weight is 200 g/mol. The molecular formula is C10H14ClNO. The largest absolute Gasteiger partial charge is 0.359 e. The van der Waals surface area contributed by atoms with Crippen LogP contribution in [0.3, 0.4) is 0 Å². The molecule has 0 saturated carbocycles. The lowest BCUT2D eigenvalue weighted by atomic mass is 10.2.